The van der Waals surface area contributed by atoms with E-state index in [1.54, 1.807) is 7.11 Å². The standard InChI is InChI=1S/C22H30N2O.2ClH/c1-25-21-14-8-5-11-19(21)17-23-22(24-20-12-6-7-13-20)16-15-18-9-3-2-4-10-18;;/h2-5,8-11,14,20,22-24H,6-7,12-13,15-17H2,1H3;2*1H/t22-;;/m0../s1. The molecule has 1 aliphatic rings. The number of hydrogen-bond acceptors (Lipinski definition) is 3. The van der Waals surface area contributed by atoms with Gasteiger partial charge < -0.3 is 4.74 Å². The number of para-hydroxylation sites is 1. The first-order valence-electron chi connectivity index (χ1n) is 9.50. The zero-order valence-corrected chi connectivity index (χ0v) is 17.7. The lowest BCUT2D eigenvalue weighted by Gasteiger charge is -2.25. The molecular weight excluding hydrogens is 379 g/mol. The number of rotatable bonds is 9. The van der Waals surface area contributed by atoms with E-state index < -0.39 is 0 Å². The minimum absolute atomic E-state index is 0. The van der Waals surface area contributed by atoms with Crippen LogP contribution in [0.4, 0.5) is 0 Å². The zero-order valence-electron chi connectivity index (χ0n) is 16.0. The molecule has 27 heavy (non-hydrogen) atoms. The Balaban J connectivity index is 0.00000182. The first-order valence-corrected chi connectivity index (χ1v) is 9.50. The van der Waals surface area contributed by atoms with Crippen molar-refractivity contribution in [1.82, 2.24) is 10.6 Å². The van der Waals surface area contributed by atoms with Crippen molar-refractivity contribution in [3.63, 3.8) is 0 Å². The third kappa shape index (κ3) is 7.71. The minimum atomic E-state index is 0. The van der Waals surface area contributed by atoms with Gasteiger partial charge in [0.2, 0.25) is 0 Å². The minimum Gasteiger partial charge on any atom is -0.496 e. The van der Waals surface area contributed by atoms with Gasteiger partial charge in [-0.05, 0) is 37.3 Å². The third-order valence-electron chi connectivity index (χ3n) is 5.09. The van der Waals surface area contributed by atoms with Gasteiger partial charge in [-0.15, -0.1) is 24.8 Å². The number of benzene rings is 2. The molecule has 0 spiro atoms. The zero-order chi connectivity index (χ0) is 17.3. The van der Waals surface area contributed by atoms with Gasteiger partial charge in [0.1, 0.15) is 5.75 Å². The molecule has 0 radical (unpaired) electrons. The second-order valence-corrected chi connectivity index (χ2v) is 6.92. The van der Waals surface area contributed by atoms with Crippen LogP contribution in [0, 0.1) is 0 Å². The fourth-order valence-electron chi connectivity index (χ4n) is 3.66. The Kier molecular flexibility index (Phi) is 11.5. The highest BCUT2D eigenvalue weighted by Gasteiger charge is 2.19. The number of ether oxygens (including phenoxy) is 1. The quantitative estimate of drug-likeness (QED) is 0.562. The molecule has 2 aromatic rings. The Morgan fingerprint density at radius 3 is 2.33 bits per heavy atom. The lowest BCUT2D eigenvalue weighted by Crippen LogP contribution is -2.46. The smallest absolute Gasteiger partial charge is 0.123 e. The van der Waals surface area contributed by atoms with Gasteiger partial charge in [0, 0.05) is 18.2 Å². The summed E-state index contributed by atoms with van der Waals surface area (Å²) < 4.78 is 5.48. The van der Waals surface area contributed by atoms with Gasteiger partial charge >= 0.3 is 0 Å². The molecule has 2 N–H and O–H groups in total. The first kappa shape index (κ1) is 23.8. The van der Waals surface area contributed by atoms with Crippen LogP contribution in [0.2, 0.25) is 0 Å². The maximum Gasteiger partial charge on any atom is 0.123 e. The van der Waals surface area contributed by atoms with Gasteiger partial charge in [0.25, 0.3) is 0 Å². The van der Waals surface area contributed by atoms with Crippen LogP contribution >= 0.6 is 24.8 Å². The van der Waals surface area contributed by atoms with Crippen LogP contribution in [0.15, 0.2) is 54.6 Å². The summed E-state index contributed by atoms with van der Waals surface area (Å²) in [5, 5.41) is 7.56. The highest BCUT2D eigenvalue weighted by Crippen LogP contribution is 2.20. The number of hydrogen-bond donors (Lipinski definition) is 2. The number of nitrogens with one attached hydrogen (secondary N) is 2. The lowest BCUT2D eigenvalue weighted by atomic mass is 10.1. The predicted octanol–water partition coefficient (Wildman–Crippen LogP) is 5.12. The van der Waals surface area contributed by atoms with Gasteiger partial charge in [-0.1, -0.05) is 61.4 Å². The van der Waals surface area contributed by atoms with Crippen molar-refractivity contribution in [2.24, 2.45) is 0 Å². The molecule has 3 nitrogen and oxygen atoms in total. The van der Waals surface area contributed by atoms with E-state index in [2.05, 4.69) is 53.1 Å². The van der Waals surface area contributed by atoms with Crippen molar-refractivity contribution in [1.29, 1.82) is 0 Å². The van der Waals surface area contributed by atoms with E-state index >= 15 is 0 Å². The number of methoxy groups -OCH3 is 1. The lowest BCUT2D eigenvalue weighted by molar-refractivity contribution is 0.347. The topological polar surface area (TPSA) is 33.3 Å². The van der Waals surface area contributed by atoms with E-state index in [0.29, 0.717) is 12.2 Å². The van der Waals surface area contributed by atoms with Crippen molar-refractivity contribution >= 4 is 24.8 Å². The van der Waals surface area contributed by atoms with Crippen LogP contribution in [0.1, 0.15) is 43.2 Å². The van der Waals surface area contributed by atoms with Crippen LogP contribution in [0.3, 0.4) is 0 Å². The van der Waals surface area contributed by atoms with E-state index in [9.17, 15) is 0 Å². The predicted molar refractivity (Wildman–Crippen MR) is 118 cm³/mol. The van der Waals surface area contributed by atoms with E-state index in [1.807, 2.05) is 12.1 Å². The first-order chi connectivity index (χ1) is 12.3. The van der Waals surface area contributed by atoms with E-state index in [1.165, 1.54) is 36.8 Å². The van der Waals surface area contributed by atoms with Crippen LogP contribution in [-0.4, -0.2) is 19.3 Å². The highest BCUT2D eigenvalue weighted by molar-refractivity contribution is 5.85. The molecule has 0 aromatic heterocycles. The van der Waals surface area contributed by atoms with Gasteiger partial charge in [0.15, 0.2) is 0 Å². The van der Waals surface area contributed by atoms with Crippen molar-refractivity contribution in [3.8, 4) is 5.75 Å². The molecule has 0 heterocycles. The molecule has 3 rings (SSSR count). The summed E-state index contributed by atoms with van der Waals surface area (Å²) in [5.41, 5.74) is 2.61. The molecule has 2 aromatic carbocycles. The van der Waals surface area contributed by atoms with Crippen molar-refractivity contribution in [2.75, 3.05) is 7.11 Å². The molecule has 150 valence electrons. The van der Waals surface area contributed by atoms with E-state index in [-0.39, 0.29) is 24.8 Å². The van der Waals surface area contributed by atoms with E-state index in [0.717, 1.165) is 25.1 Å². The summed E-state index contributed by atoms with van der Waals surface area (Å²) in [6.45, 7) is 0.823. The summed E-state index contributed by atoms with van der Waals surface area (Å²) in [6, 6.07) is 19.7. The maximum absolute atomic E-state index is 5.48. The van der Waals surface area contributed by atoms with Gasteiger partial charge in [-0.3, -0.25) is 10.6 Å². The molecule has 0 amide bonds. The Morgan fingerprint density at radius 1 is 0.963 bits per heavy atom. The van der Waals surface area contributed by atoms with Crippen molar-refractivity contribution in [2.45, 2.75) is 57.3 Å². The Morgan fingerprint density at radius 2 is 1.63 bits per heavy atom. The third-order valence-corrected chi connectivity index (χ3v) is 5.09. The van der Waals surface area contributed by atoms with Gasteiger partial charge in [-0.25, -0.2) is 0 Å². The molecule has 0 aliphatic heterocycles. The molecule has 1 atom stereocenters. The fraction of sp³-hybridized carbons (Fsp3) is 0.455. The van der Waals surface area contributed by atoms with Crippen molar-refractivity contribution in [3.05, 3.63) is 65.7 Å². The van der Waals surface area contributed by atoms with Crippen LogP contribution in [-0.2, 0) is 13.0 Å². The molecule has 1 saturated carbocycles. The summed E-state index contributed by atoms with van der Waals surface area (Å²) in [4.78, 5) is 0. The van der Waals surface area contributed by atoms with Crippen LogP contribution in [0.25, 0.3) is 0 Å². The molecular formula is C22H32Cl2N2O. The SMILES string of the molecule is COc1ccccc1CN[C@H](CCc1ccccc1)NC1CCCC1.Cl.Cl. The maximum atomic E-state index is 5.48. The normalized spacial score (nSPS) is 14.9. The molecule has 1 aliphatic carbocycles. The van der Waals surface area contributed by atoms with Crippen LogP contribution in [0.5, 0.6) is 5.75 Å². The van der Waals surface area contributed by atoms with Gasteiger partial charge in [0.05, 0.1) is 13.3 Å². The largest absolute Gasteiger partial charge is 0.496 e. The summed E-state index contributed by atoms with van der Waals surface area (Å²) in [7, 11) is 1.74. The second kappa shape index (κ2) is 13.0. The van der Waals surface area contributed by atoms with Gasteiger partial charge in [-0.2, -0.15) is 0 Å². The summed E-state index contributed by atoms with van der Waals surface area (Å²) in [5.74, 6) is 0.956. The molecule has 1 fully saturated rings. The average Bonchev–Trinajstić information content (AvgIpc) is 3.18. The molecule has 0 saturated heterocycles. The van der Waals surface area contributed by atoms with Crippen molar-refractivity contribution < 1.29 is 4.74 Å². The Hall–Kier alpha value is -1.26. The molecule has 5 heteroatoms. The summed E-state index contributed by atoms with van der Waals surface area (Å²) in [6.07, 6.45) is 7.83. The fourth-order valence-corrected chi connectivity index (χ4v) is 3.66. The average molecular weight is 411 g/mol. The number of halogens is 2. The number of aryl methyl sites for hydroxylation is 1. The highest BCUT2D eigenvalue weighted by atomic mass is 35.5. The van der Waals surface area contributed by atoms with Crippen LogP contribution < -0.4 is 15.4 Å². The second-order valence-electron chi connectivity index (χ2n) is 6.92. The molecule has 0 unspecified atom stereocenters. The Bertz CT molecular complexity index is 633. The summed E-state index contributed by atoms with van der Waals surface area (Å²) >= 11 is 0. The molecule has 0 bridgehead atoms. The van der Waals surface area contributed by atoms with E-state index in [4.69, 9.17) is 4.74 Å². The Labute approximate surface area is 176 Å². The monoisotopic (exact) mass is 410 g/mol.